The number of hydrogen-bond acceptors (Lipinski definition) is 9. The van der Waals surface area contributed by atoms with E-state index in [1.807, 2.05) is 30.3 Å². The lowest BCUT2D eigenvalue weighted by molar-refractivity contribution is -0.274. The number of ether oxygens (including phenoxy) is 1. The molecule has 0 saturated heterocycles. The van der Waals surface area contributed by atoms with E-state index in [0.717, 1.165) is 41.3 Å². The van der Waals surface area contributed by atoms with Gasteiger partial charge in [-0.05, 0) is 42.5 Å². The highest BCUT2D eigenvalue weighted by atomic mass is 32.1. The molecule has 0 unspecified atom stereocenters. The van der Waals surface area contributed by atoms with Gasteiger partial charge in [0.2, 0.25) is 22.1 Å². The summed E-state index contributed by atoms with van der Waals surface area (Å²) in [6, 6.07) is 14.8. The normalized spacial score (nSPS) is 17.1. The van der Waals surface area contributed by atoms with E-state index in [1.54, 1.807) is 6.07 Å². The summed E-state index contributed by atoms with van der Waals surface area (Å²) in [7, 11) is 0. The molecule has 2 heterocycles. The van der Waals surface area contributed by atoms with E-state index in [1.165, 1.54) is 40.9 Å². The smallest absolute Gasteiger partial charge is 0.406 e. The maximum atomic E-state index is 12.5. The number of benzene rings is 2. The average molecular weight is 603 g/mol. The van der Waals surface area contributed by atoms with Crippen LogP contribution in [0.15, 0.2) is 54.6 Å². The molecule has 0 radical (unpaired) electrons. The Morgan fingerprint density at radius 3 is 1.95 bits per heavy atom. The molecule has 214 valence electrons. The Morgan fingerprint density at radius 2 is 1.37 bits per heavy atom. The van der Waals surface area contributed by atoms with Crippen molar-refractivity contribution in [1.29, 1.82) is 0 Å². The Hall–Kier alpha value is -3.91. The van der Waals surface area contributed by atoms with Crippen molar-refractivity contribution in [3.05, 3.63) is 75.7 Å². The third-order valence-corrected chi connectivity index (χ3v) is 8.45. The lowest BCUT2D eigenvalue weighted by Crippen LogP contribution is -2.17. The van der Waals surface area contributed by atoms with Crippen molar-refractivity contribution in [2.24, 2.45) is 0 Å². The van der Waals surface area contributed by atoms with Crippen LogP contribution in [0.5, 0.6) is 5.75 Å². The average Bonchev–Trinajstić information content (AvgIpc) is 3.58. The van der Waals surface area contributed by atoms with E-state index in [9.17, 15) is 22.8 Å². The molecule has 9 nitrogen and oxygen atoms in total. The molecule has 0 bridgehead atoms. The van der Waals surface area contributed by atoms with Crippen molar-refractivity contribution in [2.75, 3.05) is 10.6 Å². The number of nitrogens with zero attached hydrogens (tertiary/aromatic N) is 4. The number of rotatable bonds is 9. The van der Waals surface area contributed by atoms with Gasteiger partial charge in [0.1, 0.15) is 15.8 Å². The highest BCUT2D eigenvalue weighted by molar-refractivity contribution is 7.15. The number of amides is 2. The van der Waals surface area contributed by atoms with Crippen LogP contribution >= 0.6 is 22.7 Å². The first kappa shape index (κ1) is 28.6. The molecule has 4 aromatic rings. The number of nitrogens with one attached hydrogen (secondary N) is 2. The molecular weight excluding hydrogens is 577 g/mol. The number of anilines is 2. The summed E-state index contributed by atoms with van der Waals surface area (Å²) in [4.78, 5) is 24.9. The van der Waals surface area contributed by atoms with E-state index < -0.39 is 12.3 Å². The molecule has 5 rings (SSSR count). The van der Waals surface area contributed by atoms with Crippen LogP contribution < -0.4 is 15.4 Å². The Balaban J connectivity index is 1.14. The van der Waals surface area contributed by atoms with Gasteiger partial charge in [-0.15, -0.1) is 33.6 Å². The molecule has 2 aromatic heterocycles. The molecular formula is C27H25F3N6O3S2. The Kier molecular flexibility index (Phi) is 8.88. The number of alkyl halides is 3. The second-order valence-electron chi connectivity index (χ2n) is 9.58. The molecule has 2 atom stereocenters. The number of carbonyl (C=O) groups excluding carboxylic acids is 2. The summed E-state index contributed by atoms with van der Waals surface area (Å²) in [6.07, 6.45) is -1.07. The van der Waals surface area contributed by atoms with Crippen LogP contribution in [-0.4, -0.2) is 38.6 Å². The van der Waals surface area contributed by atoms with Gasteiger partial charge in [-0.1, -0.05) is 71.6 Å². The second-order valence-corrected chi connectivity index (χ2v) is 11.6. The lowest BCUT2D eigenvalue weighted by Gasteiger charge is -2.25. The number of hydrogen-bond donors (Lipinski definition) is 2. The monoisotopic (exact) mass is 602 g/mol. The van der Waals surface area contributed by atoms with Gasteiger partial charge in [-0.2, -0.15) is 0 Å². The summed E-state index contributed by atoms with van der Waals surface area (Å²) in [6.45, 7) is 0. The third kappa shape index (κ3) is 8.30. The topological polar surface area (TPSA) is 119 Å². The predicted octanol–water partition coefficient (Wildman–Crippen LogP) is 6.09. The first-order chi connectivity index (χ1) is 19.7. The van der Waals surface area contributed by atoms with Crippen LogP contribution in [-0.2, 0) is 22.4 Å². The Bertz CT molecular complexity index is 1490. The molecule has 2 amide bonds. The standard InChI is InChI=1S/C27H25F3N6O3S2/c28-27(29,30)39-20-11-4-8-17(12-20)14-22(38)32-26-36-34-24(41-26)19-10-5-9-18(15-19)23-33-35-25(40-23)31-21(37)13-16-6-2-1-3-7-16/h1-4,6-8,11-12,18-19H,5,9-10,13-15H2,(H,31,35,37)(H,32,36,38)/t18-,19-/m0/s1. The summed E-state index contributed by atoms with van der Waals surface area (Å²) in [5.74, 6) is -0.655. The van der Waals surface area contributed by atoms with Gasteiger partial charge < -0.3 is 15.4 Å². The quantitative estimate of drug-likeness (QED) is 0.238. The summed E-state index contributed by atoms with van der Waals surface area (Å²) in [5, 5.41) is 24.9. The highest BCUT2D eigenvalue weighted by Crippen LogP contribution is 2.43. The van der Waals surface area contributed by atoms with Crippen molar-refractivity contribution in [3.63, 3.8) is 0 Å². The zero-order chi connectivity index (χ0) is 28.8. The second kappa shape index (κ2) is 12.7. The van der Waals surface area contributed by atoms with Gasteiger partial charge in [0.25, 0.3) is 0 Å². The van der Waals surface area contributed by atoms with Gasteiger partial charge >= 0.3 is 6.36 Å². The highest BCUT2D eigenvalue weighted by Gasteiger charge is 2.31. The summed E-state index contributed by atoms with van der Waals surface area (Å²) in [5.41, 5.74) is 1.29. The number of carbonyl (C=O) groups is 2. The van der Waals surface area contributed by atoms with Crippen LogP contribution in [0.1, 0.15) is 58.7 Å². The number of aromatic nitrogens is 4. The van der Waals surface area contributed by atoms with Crippen molar-refractivity contribution < 1.29 is 27.5 Å². The van der Waals surface area contributed by atoms with Crippen molar-refractivity contribution in [3.8, 4) is 5.75 Å². The minimum atomic E-state index is -4.81. The molecule has 0 aliphatic heterocycles. The van der Waals surface area contributed by atoms with Crippen LogP contribution in [0.3, 0.4) is 0 Å². The SMILES string of the molecule is O=C(Cc1ccccc1)Nc1nnc([C@H]2CCC[C@H](c3nnc(NC(=O)Cc4cccc(OC(F)(F)F)c4)s3)C2)s1. The van der Waals surface area contributed by atoms with Crippen LogP contribution in [0.2, 0.25) is 0 Å². The van der Waals surface area contributed by atoms with Crippen molar-refractivity contribution in [2.45, 2.75) is 56.7 Å². The van der Waals surface area contributed by atoms with Crippen LogP contribution in [0.4, 0.5) is 23.4 Å². The lowest BCUT2D eigenvalue weighted by atomic mass is 9.82. The third-order valence-electron chi connectivity index (χ3n) is 6.45. The fourth-order valence-corrected chi connectivity index (χ4v) is 6.50. The van der Waals surface area contributed by atoms with Crippen molar-refractivity contribution >= 4 is 44.8 Å². The fourth-order valence-electron chi connectivity index (χ4n) is 4.68. The minimum Gasteiger partial charge on any atom is -0.406 e. The Morgan fingerprint density at radius 1 is 0.805 bits per heavy atom. The molecule has 2 N–H and O–H groups in total. The first-order valence-corrected chi connectivity index (χ1v) is 14.5. The summed E-state index contributed by atoms with van der Waals surface area (Å²) >= 11 is 2.66. The van der Waals surface area contributed by atoms with Gasteiger partial charge in [-0.3, -0.25) is 9.59 Å². The zero-order valence-corrected chi connectivity index (χ0v) is 23.2. The molecule has 0 spiro atoms. The first-order valence-electron chi connectivity index (χ1n) is 12.9. The molecule has 14 heteroatoms. The molecule has 1 aliphatic carbocycles. The van der Waals surface area contributed by atoms with Gasteiger partial charge in [0, 0.05) is 11.8 Å². The maximum Gasteiger partial charge on any atom is 0.573 e. The molecule has 41 heavy (non-hydrogen) atoms. The van der Waals surface area contributed by atoms with E-state index in [4.69, 9.17) is 0 Å². The van der Waals surface area contributed by atoms with E-state index >= 15 is 0 Å². The molecule has 1 saturated carbocycles. The van der Waals surface area contributed by atoms with Gasteiger partial charge in [0.05, 0.1) is 12.8 Å². The van der Waals surface area contributed by atoms with Crippen LogP contribution in [0, 0.1) is 0 Å². The largest absolute Gasteiger partial charge is 0.573 e. The fraction of sp³-hybridized carbons (Fsp3) is 0.333. The molecule has 1 aliphatic rings. The predicted molar refractivity (Wildman–Crippen MR) is 148 cm³/mol. The zero-order valence-electron chi connectivity index (χ0n) is 21.6. The van der Waals surface area contributed by atoms with E-state index in [0.29, 0.717) is 15.8 Å². The van der Waals surface area contributed by atoms with E-state index in [-0.39, 0.29) is 36.3 Å². The van der Waals surface area contributed by atoms with E-state index in [2.05, 4.69) is 35.8 Å². The van der Waals surface area contributed by atoms with Crippen LogP contribution in [0.25, 0.3) is 0 Å². The number of halogens is 3. The molecule has 1 fully saturated rings. The minimum absolute atomic E-state index is 0.133. The van der Waals surface area contributed by atoms with Crippen molar-refractivity contribution in [1.82, 2.24) is 20.4 Å². The summed E-state index contributed by atoms with van der Waals surface area (Å²) < 4.78 is 41.3. The Labute approximate surface area is 241 Å². The van der Waals surface area contributed by atoms with Gasteiger partial charge in [0.15, 0.2) is 0 Å². The molecule has 2 aromatic carbocycles. The maximum absolute atomic E-state index is 12.5. The van der Waals surface area contributed by atoms with Gasteiger partial charge in [-0.25, -0.2) is 0 Å².